The van der Waals surface area contributed by atoms with Crippen LogP contribution in [0.3, 0.4) is 0 Å². The normalized spacial score (nSPS) is 4.71. The molecule has 0 rings (SSSR count). The Hall–Kier alpha value is -1.48. The predicted octanol–water partition coefficient (Wildman–Crippen LogP) is 1.48. The third-order valence-corrected chi connectivity index (χ3v) is 2.05. The van der Waals surface area contributed by atoms with Crippen molar-refractivity contribution in [2.45, 2.75) is 19.3 Å². The SMILES string of the molecule is C=CCCCC#C[C](=[W])OC.[C-]#[O+].[C-]#[O+].[C-]#[O+].[C-]#[O+].[C-]#[O+]. The van der Waals surface area contributed by atoms with Crippen molar-refractivity contribution < 1.29 is 47.4 Å². The summed E-state index contributed by atoms with van der Waals surface area (Å²) in [5, 5.41) is 0. The number of hydrogen-bond acceptors (Lipinski definition) is 1. The van der Waals surface area contributed by atoms with E-state index in [1.807, 2.05) is 6.08 Å². The van der Waals surface area contributed by atoms with Crippen LogP contribution < -0.4 is 0 Å². The molecule has 0 spiro atoms. The second-order valence-corrected chi connectivity index (χ2v) is 3.31. The fourth-order valence-electron chi connectivity index (χ4n) is 0.520. The number of hydrogen-bond donors (Lipinski definition) is 0. The summed E-state index contributed by atoms with van der Waals surface area (Å²) in [6.45, 7) is 26.1. The van der Waals surface area contributed by atoms with Gasteiger partial charge < -0.3 is 0 Å². The van der Waals surface area contributed by atoms with Crippen molar-refractivity contribution in [3.8, 4) is 11.8 Å². The first-order valence-electron chi connectivity index (χ1n) is 4.51. The van der Waals surface area contributed by atoms with Gasteiger partial charge in [0.2, 0.25) is 0 Å². The van der Waals surface area contributed by atoms with E-state index in [1.54, 1.807) is 7.11 Å². The van der Waals surface area contributed by atoms with Gasteiger partial charge in [0.25, 0.3) is 0 Å². The van der Waals surface area contributed by atoms with E-state index in [1.165, 1.54) is 19.4 Å². The minimum absolute atomic E-state index is 0.864. The van der Waals surface area contributed by atoms with Crippen molar-refractivity contribution >= 4 is 4.08 Å². The van der Waals surface area contributed by atoms with E-state index in [0.29, 0.717) is 0 Å². The van der Waals surface area contributed by atoms with Gasteiger partial charge in [0.15, 0.2) is 0 Å². The first-order valence-corrected chi connectivity index (χ1v) is 5.97. The molecule has 0 saturated heterocycles. The molecule has 0 amide bonds. The first kappa shape index (κ1) is 36.6. The zero-order valence-corrected chi connectivity index (χ0v) is 14.2. The fraction of sp³-hybridized carbons (Fsp3) is 0.286. The second kappa shape index (κ2) is 78.3. The van der Waals surface area contributed by atoms with Gasteiger partial charge in [0.1, 0.15) is 0 Å². The number of rotatable bonds is 4. The summed E-state index contributed by atoms with van der Waals surface area (Å²) in [5.41, 5.74) is 0. The van der Waals surface area contributed by atoms with Crippen molar-refractivity contribution in [3.05, 3.63) is 45.9 Å². The number of methoxy groups -OCH3 is 1. The van der Waals surface area contributed by atoms with E-state index in [-0.39, 0.29) is 0 Å². The van der Waals surface area contributed by atoms with Crippen LogP contribution in [0.25, 0.3) is 0 Å². The number of ether oxygens (including phenoxy) is 1. The monoisotopic (exact) mass is 460 g/mol. The van der Waals surface area contributed by atoms with E-state index in [2.05, 4.69) is 51.7 Å². The van der Waals surface area contributed by atoms with Gasteiger partial charge in [-0.3, -0.25) is 0 Å². The van der Waals surface area contributed by atoms with Crippen LogP contribution in [-0.2, 0) is 47.4 Å². The molecule has 0 unspecified atom stereocenters. The topological polar surface area (TPSA) is 109 Å². The van der Waals surface area contributed by atoms with E-state index < -0.39 is 0 Å². The average Bonchev–Trinajstić information content (AvgIpc) is 2.63. The molecule has 0 aliphatic heterocycles. The van der Waals surface area contributed by atoms with Crippen LogP contribution in [0, 0.1) is 45.1 Å². The molecule has 0 heterocycles. The summed E-state index contributed by atoms with van der Waals surface area (Å²) >= 11 is 1.29. The second-order valence-electron chi connectivity index (χ2n) is 1.97. The van der Waals surface area contributed by atoms with Crippen molar-refractivity contribution in [1.82, 2.24) is 0 Å². The molecule has 110 valence electrons. The fourth-order valence-corrected chi connectivity index (χ4v) is 0.780. The van der Waals surface area contributed by atoms with Gasteiger partial charge in [-0.1, -0.05) is 0 Å². The molecule has 0 aromatic heterocycles. The summed E-state index contributed by atoms with van der Waals surface area (Å²) in [4.78, 5) is 0. The molecule has 0 aliphatic carbocycles. The van der Waals surface area contributed by atoms with Crippen LogP contribution in [0.5, 0.6) is 0 Å². The molecular formula is C14H12O6W. The Kier molecular flexibility index (Phi) is 137. The average molecular weight is 460 g/mol. The third kappa shape index (κ3) is 89.4. The number of unbranched alkanes of at least 4 members (excludes halogenated alkanes) is 2. The Balaban J connectivity index is -0.0000000474. The minimum atomic E-state index is 0.864. The molecule has 0 aromatic rings. The van der Waals surface area contributed by atoms with Crippen LogP contribution in [0.1, 0.15) is 19.3 Å². The quantitative estimate of drug-likeness (QED) is 0.205. The summed E-state index contributed by atoms with van der Waals surface area (Å²) in [7, 11) is 1.65. The van der Waals surface area contributed by atoms with Gasteiger partial charge in [-0.15, -0.1) is 0 Å². The molecule has 21 heavy (non-hydrogen) atoms. The Morgan fingerprint density at radius 1 is 1.05 bits per heavy atom. The molecule has 0 saturated carbocycles. The van der Waals surface area contributed by atoms with E-state index in [4.69, 9.17) is 28.0 Å². The van der Waals surface area contributed by atoms with E-state index in [9.17, 15) is 0 Å². The molecule has 0 aliphatic rings. The van der Waals surface area contributed by atoms with Crippen LogP contribution in [-0.4, -0.2) is 11.2 Å². The van der Waals surface area contributed by atoms with Crippen molar-refractivity contribution in [3.63, 3.8) is 0 Å². The maximum atomic E-state index is 7.50. The predicted molar refractivity (Wildman–Crippen MR) is 63.5 cm³/mol. The molecule has 0 atom stereocenters. The van der Waals surface area contributed by atoms with Crippen molar-refractivity contribution in [1.29, 1.82) is 0 Å². The van der Waals surface area contributed by atoms with Gasteiger partial charge in [-0.25, -0.2) is 0 Å². The van der Waals surface area contributed by atoms with Crippen molar-refractivity contribution in [2.75, 3.05) is 7.11 Å². The molecule has 0 radical (unpaired) electrons. The Bertz CT molecular complexity index is 330. The van der Waals surface area contributed by atoms with E-state index >= 15 is 0 Å². The van der Waals surface area contributed by atoms with Crippen LogP contribution >= 0.6 is 0 Å². The zero-order chi connectivity index (χ0) is 18.5. The summed E-state index contributed by atoms with van der Waals surface area (Å²) in [6, 6.07) is 0. The van der Waals surface area contributed by atoms with E-state index in [0.717, 1.165) is 23.3 Å². The van der Waals surface area contributed by atoms with Crippen LogP contribution in [0.2, 0.25) is 0 Å². The van der Waals surface area contributed by atoms with Gasteiger partial charge in [-0.05, 0) is 0 Å². The Morgan fingerprint density at radius 2 is 1.43 bits per heavy atom. The molecule has 6 nitrogen and oxygen atoms in total. The summed E-state index contributed by atoms with van der Waals surface area (Å²) in [6.07, 6.45) is 5.00. The van der Waals surface area contributed by atoms with Crippen LogP contribution in [0.4, 0.5) is 0 Å². The van der Waals surface area contributed by atoms with Gasteiger partial charge >= 0.3 is 136 Å². The van der Waals surface area contributed by atoms with Gasteiger partial charge in [0, 0.05) is 0 Å². The maximum absolute atomic E-state index is 7.50. The molecule has 7 heteroatoms. The summed E-state index contributed by atoms with van der Waals surface area (Å²) < 4.78 is 43.3. The first-order chi connectivity index (χ1) is 10.3. The Labute approximate surface area is 135 Å². The zero-order valence-electron chi connectivity index (χ0n) is 11.3. The molecule has 0 bridgehead atoms. The standard InChI is InChI=1S/C9H12O.5CO.W/c1-3-4-5-6-7-8-9-10-2;5*1-2;/h3H,1,4-6H2,2H3;;;;;;. The van der Waals surface area contributed by atoms with Crippen LogP contribution in [0.15, 0.2) is 12.7 Å². The molecule has 0 N–H and O–H groups in total. The molecule has 0 aromatic carbocycles. The number of allylic oxidation sites excluding steroid dienone is 1. The Morgan fingerprint density at radius 3 is 1.71 bits per heavy atom. The van der Waals surface area contributed by atoms with Crippen molar-refractivity contribution in [2.24, 2.45) is 0 Å². The van der Waals surface area contributed by atoms with Gasteiger partial charge in [0.05, 0.1) is 0 Å². The third-order valence-electron chi connectivity index (χ3n) is 1.09. The molecular weight excluding hydrogens is 448 g/mol. The molecule has 0 fully saturated rings. The van der Waals surface area contributed by atoms with Gasteiger partial charge in [-0.2, -0.15) is 0 Å². The summed E-state index contributed by atoms with van der Waals surface area (Å²) in [5.74, 6) is 5.97.